The molecule has 0 aliphatic carbocycles. The first kappa shape index (κ1) is 27.7. The number of nitrogens with two attached hydrogens (primary N) is 1. The minimum atomic E-state index is -0.567. The van der Waals surface area contributed by atoms with Gasteiger partial charge >= 0.3 is 6.09 Å². The molecule has 7 nitrogen and oxygen atoms in total. The average Bonchev–Trinajstić information content (AvgIpc) is 3.53. The van der Waals surface area contributed by atoms with Crippen LogP contribution in [0.25, 0.3) is 11.3 Å². The Hall–Kier alpha value is -3.30. The van der Waals surface area contributed by atoms with Crippen LogP contribution in [0, 0.1) is 17.0 Å². The molecule has 1 amide bonds. The summed E-state index contributed by atoms with van der Waals surface area (Å²) in [6.07, 6.45) is 3.79. The molecule has 2 aromatic carbocycles. The lowest BCUT2D eigenvalue weighted by Crippen LogP contribution is -2.45. The van der Waals surface area contributed by atoms with E-state index in [4.69, 9.17) is 15.6 Å². The topological polar surface area (TPSA) is 76.6 Å². The predicted molar refractivity (Wildman–Crippen MR) is 143 cm³/mol. The van der Waals surface area contributed by atoms with Crippen molar-refractivity contribution in [1.82, 2.24) is 19.5 Å². The molecule has 0 bridgehead atoms. The summed E-state index contributed by atoms with van der Waals surface area (Å²) in [5.41, 5.74) is 6.75. The molecule has 1 saturated heterocycles. The van der Waals surface area contributed by atoms with Gasteiger partial charge in [-0.05, 0) is 55.0 Å². The largest absolute Gasteiger partial charge is 0.429 e. The lowest BCUT2D eigenvalue weighted by atomic mass is 9.84. The lowest BCUT2D eigenvalue weighted by Gasteiger charge is -2.39. The van der Waals surface area contributed by atoms with Crippen LogP contribution in [-0.2, 0) is 11.4 Å². The summed E-state index contributed by atoms with van der Waals surface area (Å²) in [5, 5.41) is 1.70. The van der Waals surface area contributed by atoms with Gasteiger partial charge < -0.3 is 15.1 Å². The first-order valence-corrected chi connectivity index (χ1v) is 13.2. The second-order valence-electron chi connectivity index (χ2n) is 10.8. The second-order valence-corrected chi connectivity index (χ2v) is 10.8. The quantitative estimate of drug-likeness (QED) is 0.384. The van der Waals surface area contributed by atoms with E-state index in [1.807, 2.05) is 55.7 Å². The number of aromatic nitrogens is 2. The van der Waals surface area contributed by atoms with E-state index in [1.165, 1.54) is 0 Å². The number of rotatable bonds is 9. The van der Waals surface area contributed by atoms with Gasteiger partial charge in [0.2, 0.25) is 0 Å². The van der Waals surface area contributed by atoms with E-state index >= 15 is 0 Å². The van der Waals surface area contributed by atoms with Crippen molar-refractivity contribution in [2.45, 2.75) is 52.6 Å². The SMILES string of the molecule is CC(C)(C)[C@H](c1nc(-c2cc(F)ccc2F)cn1Cc1ccccc1)N(CCCN)C(=O)ON1CCCC1. The summed E-state index contributed by atoms with van der Waals surface area (Å²) >= 11 is 0. The van der Waals surface area contributed by atoms with Crippen LogP contribution < -0.4 is 5.73 Å². The molecule has 9 heteroatoms. The van der Waals surface area contributed by atoms with Gasteiger partial charge in [-0.2, -0.15) is 0 Å². The average molecular weight is 526 g/mol. The molecule has 1 aliphatic rings. The number of hydrogen-bond acceptors (Lipinski definition) is 5. The molecule has 4 rings (SSSR count). The van der Waals surface area contributed by atoms with Crippen molar-refractivity contribution < 1.29 is 18.4 Å². The summed E-state index contributed by atoms with van der Waals surface area (Å²) < 4.78 is 30.9. The van der Waals surface area contributed by atoms with Crippen LogP contribution in [0.4, 0.5) is 13.6 Å². The molecule has 38 heavy (non-hydrogen) atoms. The fraction of sp³-hybridized carbons (Fsp3) is 0.448. The van der Waals surface area contributed by atoms with E-state index in [1.54, 1.807) is 16.2 Å². The maximum Gasteiger partial charge on any atom is 0.429 e. The molecule has 0 saturated carbocycles. The number of nitrogens with zero attached hydrogens (tertiary/aromatic N) is 4. The van der Waals surface area contributed by atoms with Crippen LogP contribution in [0.1, 0.15) is 57.5 Å². The minimum absolute atomic E-state index is 0.0684. The molecule has 3 aromatic rings. The van der Waals surface area contributed by atoms with E-state index in [-0.39, 0.29) is 5.56 Å². The maximum atomic E-state index is 14.8. The normalized spacial score (nSPS) is 15.0. The first-order chi connectivity index (χ1) is 18.2. The van der Waals surface area contributed by atoms with Gasteiger partial charge in [-0.3, -0.25) is 4.90 Å². The van der Waals surface area contributed by atoms with Crippen LogP contribution in [0.2, 0.25) is 0 Å². The Morgan fingerprint density at radius 3 is 2.50 bits per heavy atom. The molecule has 1 aromatic heterocycles. The second kappa shape index (κ2) is 12.0. The Balaban J connectivity index is 1.82. The third kappa shape index (κ3) is 6.57. The van der Waals surface area contributed by atoms with Crippen molar-refractivity contribution in [3.63, 3.8) is 0 Å². The van der Waals surface area contributed by atoms with Crippen LogP contribution in [0.5, 0.6) is 0 Å². The van der Waals surface area contributed by atoms with Gasteiger partial charge in [0.25, 0.3) is 0 Å². The van der Waals surface area contributed by atoms with Crippen molar-refractivity contribution in [3.8, 4) is 11.3 Å². The highest BCUT2D eigenvalue weighted by atomic mass is 19.1. The number of carbonyl (C=O) groups is 1. The van der Waals surface area contributed by atoms with E-state index in [2.05, 4.69) is 0 Å². The van der Waals surface area contributed by atoms with Crippen molar-refractivity contribution in [2.75, 3.05) is 26.2 Å². The third-order valence-corrected chi connectivity index (χ3v) is 6.69. The Morgan fingerprint density at radius 1 is 1.13 bits per heavy atom. The zero-order valence-electron chi connectivity index (χ0n) is 22.4. The molecule has 2 N–H and O–H groups in total. The number of halogens is 2. The van der Waals surface area contributed by atoms with Crippen molar-refractivity contribution in [1.29, 1.82) is 0 Å². The van der Waals surface area contributed by atoms with Crippen molar-refractivity contribution in [3.05, 3.63) is 77.8 Å². The van der Waals surface area contributed by atoms with E-state index in [0.717, 1.165) is 36.6 Å². The monoisotopic (exact) mass is 525 g/mol. The first-order valence-electron chi connectivity index (χ1n) is 13.2. The molecular formula is C29H37F2N5O2. The van der Waals surface area contributed by atoms with Gasteiger partial charge in [0, 0.05) is 37.9 Å². The van der Waals surface area contributed by atoms with E-state index < -0.39 is 29.2 Å². The summed E-state index contributed by atoms with van der Waals surface area (Å²) in [4.78, 5) is 25.9. The lowest BCUT2D eigenvalue weighted by molar-refractivity contribution is -0.103. The van der Waals surface area contributed by atoms with Crippen LogP contribution in [0.3, 0.4) is 0 Å². The van der Waals surface area contributed by atoms with Gasteiger partial charge in [0.1, 0.15) is 17.5 Å². The third-order valence-electron chi connectivity index (χ3n) is 6.69. The molecule has 0 unspecified atom stereocenters. The fourth-order valence-corrected chi connectivity index (χ4v) is 4.90. The van der Waals surface area contributed by atoms with Crippen LogP contribution in [0.15, 0.2) is 54.7 Å². The molecule has 1 aliphatic heterocycles. The summed E-state index contributed by atoms with van der Waals surface area (Å²) in [6.45, 7) is 8.69. The molecule has 2 heterocycles. The Labute approximate surface area is 223 Å². The number of amides is 1. The summed E-state index contributed by atoms with van der Waals surface area (Å²) in [6, 6.07) is 12.6. The van der Waals surface area contributed by atoms with Gasteiger partial charge in [0.05, 0.1) is 11.7 Å². The van der Waals surface area contributed by atoms with Crippen LogP contribution in [-0.4, -0.2) is 51.8 Å². The molecule has 0 spiro atoms. The van der Waals surface area contributed by atoms with Crippen molar-refractivity contribution >= 4 is 6.09 Å². The zero-order chi connectivity index (χ0) is 27.3. The molecule has 1 atom stereocenters. The van der Waals surface area contributed by atoms with E-state index in [0.29, 0.717) is 50.7 Å². The predicted octanol–water partition coefficient (Wildman–Crippen LogP) is 5.76. The number of carbonyl (C=O) groups excluding carboxylic acids is 1. The Morgan fingerprint density at radius 2 is 1.84 bits per heavy atom. The number of hydroxylamine groups is 2. The van der Waals surface area contributed by atoms with Crippen LogP contribution >= 0.6 is 0 Å². The maximum absolute atomic E-state index is 14.8. The standard InChI is InChI=1S/C29H37F2N5O2/c1-29(2,3)26(36(17-9-14-32)28(37)38-35-15-7-8-16-35)27-33-25(23-18-22(30)12-13-24(23)31)20-34(27)19-21-10-5-4-6-11-21/h4-6,10-13,18,20,26H,7-9,14-17,19,32H2,1-3H3/t26-/m0/s1. The zero-order valence-corrected chi connectivity index (χ0v) is 22.4. The summed E-state index contributed by atoms with van der Waals surface area (Å²) in [7, 11) is 0. The molecular weight excluding hydrogens is 488 g/mol. The van der Waals surface area contributed by atoms with Crippen molar-refractivity contribution in [2.24, 2.45) is 11.1 Å². The summed E-state index contributed by atoms with van der Waals surface area (Å²) in [5.74, 6) is -0.551. The Bertz CT molecular complexity index is 1220. The highest BCUT2D eigenvalue weighted by Crippen LogP contribution is 2.40. The number of benzene rings is 2. The van der Waals surface area contributed by atoms with E-state index in [9.17, 15) is 13.6 Å². The van der Waals surface area contributed by atoms with Gasteiger partial charge in [-0.1, -0.05) is 51.1 Å². The smallest absolute Gasteiger partial charge is 0.351 e. The Kier molecular flexibility index (Phi) is 8.79. The highest BCUT2D eigenvalue weighted by molar-refractivity contribution is 5.68. The molecule has 0 radical (unpaired) electrons. The highest BCUT2D eigenvalue weighted by Gasteiger charge is 2.40. The molecule has 1 fully saturated rings. The van der Waals surface area contributed by atoms with Gasteiger partial charge in [0.15, 0.2) is 0 Å². The number of hydrogen-bond donors (Lipinski definition) is 1. The minimum Gasteiger partial charge on any atom is -0.351 e. The fourth-order valence-electron chi connectivity index (χ4n) is 4.90. The molecule has 204 valence electrons. The number of imidazole rings is 1. The van der Waals surface area contributed by atoms with Gasteiger partial charge in [-0.15, -0.1) is 5.06 Å². The van der Waals surface area contributed by atoms with Gasteiger partial charge in [-0.25, -0.2) is 18.6 Å².